The Balaban J connectivity index is 1.68. The van der Waals surface area contributed by atoms with Crippen LogP contribution >= 0.6 is 11.3 Å². The van der Waals surface area contributed by atoms with Crippen LogP contribution < -0.4 is 10.3 Å². The molecule has 122 valence electrons. The Labute approximate surface area is 139 Å². The number of nitrogens with one attached hydrogen (secondary N) is 2. The zero-order chi connectivity index (χ0) is 16.4. The number of carbonyl (C=O) groups is 1. The lowest BCUT2D eigenvalue weighted by molar-refractivity contribution is 0.0949. The minimum Gasteiger partial charge on any atom is -0.273 e. The predicted molar refractivity (Wildman–Crippen MR) is 89.7 cm³/mol. The Hall–Kier alpha value is -1.70. The van der Waals surface area contributed by atoms with Crippen LogP contribution in [0.25, 0.3) is 0 Å². The predicted octanol–water partition coefficient (Wildman–Crippen LogP) is 2.50. The quantitative estimate of drug-likeness (QED) is 0.832. The minimum absolute atomic E-state index is 0.111. The molecule has 0 spiro atoms. The average molecular weight is 350 g/mol. The van der Waals surface area contributed by atoms with Crippen LogP contribution in [0.15, 0.2) is 41.3 Å². The summed E-state index contributed by atoms with van der Waals surface area (Å²) in [5.74, 6) is 0.209. The number of thiophene rings is 1. The molecule has 1 heterocycles. The second-order valence-corrected chi connectivity index (χ2v) is 8.60. The normalized spacial score (nSPS) is 17.5. The molecular weight excluding hydrogens is 332 g/mol. The van der Waals surface area contributed by atoms with Gasteiger partial charge in [0, 0.05) is 4.88 Å². The van der Waals surface area contributed by atoms with Crippen molar-refractivity contribution in [2.75, 3.05) is 0 Å². The third-order valence-electron chi connectivity index (χ3n) is 3.91. The van der Waals surface area contributed by atoms with Crippen molar-refractivity contribution < 1.29 is 13.2 Å². The molecule has 1 unspecified atom stereocenters. The first kappa shape index (κ1) is 16.2. The largest absolute Gasteiger partial charge is 0.276 e. The average Bonchev–Trinajstić information content (AvgIpc) is 2.96. The minimum atomic E-state index is -3.75. The van der Waals surface area contributed by atoms with Crippen LogP contribution in [0.3, 0.4) is 0 Å². The van der Waals surface area contributed by atoms with Gasteiger partial charge >= 0.3 is 0 Å². The first-order chi connectivity index (χ1) is 11.0. The fourth-order valence-corrected chi connectivity index (χ4v) is 4.62. The van der Waals surface area contributed by atoms with Gasteiger partial charge in [-0.1, -0.05) is 25.1 Å². The van der Waals surface area contributed by atoms with Gasteiger partial charge in [-0.15, -0.1) is 16.2 Å². The third-order valence-corrected chi connectivity index (χ3v) is 6.40. The molecule has 1 aromatic heterocycles. The Morgan fingerprint density at radius 1 is 1.26 bits per heavy atom. The summed E-state index contributed by atoms with van der Waals surface area (Å²) in [6.07, 6.45) is 3.11. The van der Waals surface area contributed by atoms with Crippen molar-refractivity contribution in [3.63, 3.8) is 0 Å². The number of sulfonamides is 1. The van der Waals surface area contributed by atoms with Crippen molar-refractivity contribution in [1.82, 2.24) is 10.3 Å². The lowest BCUT2D eigenvalue weighted by atomic mass is 9.90. The molecule has 1 aromatic carbocycles. The highest BCUT2D eigenvalue weighted by Crippen LogP contribution is 2.32. The molecule has 23 heavy (non-hydrogen) atoms. The summed E-state index contributed by atoms with van der Waals surface area (Å²) < 4.78 is 24.2. The van der Waals surface area contributed by atoms with Gasteiger partial charge in [-0.3, -0.25) is 10.2 Å². The number of benzene rings is 1. The van der Waals surface area contributed by atoms with Gasteiger partial charge in [0.2, 0.25) is 0 Å². The summed E-state index contributed by atoms with van der Waals surface area (Å²) in [7, 11) is -3.75. The summed E-state index contributed by atoms with van der Waals surface area (Å²) in [6.45, 7) is 2.20. The number of aryl methyl sites for hydroxylation is 1. The number of hydrogen-bond donors (Lipinski definition) is 2. The van der Waals surface area contributed by atoms with Crippen molar-refractivity contribution >= 4 is 27.3 Å². The number of hydrazine groups is 1. The van der Waals surface area contributed by atoms with E-state index in [2.05, 4.69) is 17.2 Å². The number of fused-ring (bicyclic) bond motifs is 1. The summed E-state index contributed by atoms with van der Waals surface area (Å²) in [5.41, 5.74) is 3.50. The van der Waals surface area contributed by atoms with Gasteiger partial charge in [-0.2, -0.15) is 0 Å². The number of amides is 1. The third kappa shape index (κ3) is 3.63. The molecule has 0 fully saturated rings. The van der Waals surface area contributed by atoms with Gasteiger partial charge in [-0.05, 0) is 48.9 Å². The number of carbonyl (C=O) groups excluding carboxylic acids is 1. The second-order valence-electron chi connectivity index (χ2n) is 5.78. The van der Waals surface area contributed by atoms with Gasteiger partial charge in [0.05, 0.1) is 9.77 Å². The first-order valence-corrected chi connectivity index (χ1v) is 9.74. The molecule has 1 amide bonds. The van der Waals surface area contributed by atoms with E-state index in [1.807, 2.05) is 6.07 Å². The maximum Gasteiger partial charge on any atom is 0.276 e. The second kappa shape index (κ2) is 6.43. The SMILES string of the molecule is CC1CCc2sc(C(=O)NNS(=O)(=O)c3ccccc3)cc2C1. The molecule has 1 atom stereocenters. The first-order valence-electron chi connectivity index (χ1n) is 7.44. The van der Waals surface area contributed by atoms with Crippen molar-refractivity contribution in [3.05, 3.63) is 51.7 Å². The van der Waals surface area contributed by atoms with Gasteiger partial charge in [0.15, 0.2) is 0 Å². The Kier molecular flexibility index (Phi) is 4.52. The molecule has 5 nitrogen and oxygen atoms in total. The lowest BCUT2D eigenvalue weighted by Crippen LogP contribution is -2.41. The van der Waals surface area contributed by atoms with Crippen molar-refractivity contribution in [2.24, 2.45) is 5.92 Å². The fourth-order valence-electron chi connectivity index (χ4n) is 2.65. The van der Waals surface area contributed by atoms with E-state index in [9.17, 15) is 13.2 Å². The van der Waals surface area contributed by atoms with E-state index in [1.54, 1.807) is 18.2 Å². The molecule has 0 radical (unpaired) electrons. The molecule has 0 aliphatic heterocycles. The van der Waals surface area contributed by atoms with Gasteiger partial charge < -0.3 is 0 Å². The van der Waals surface area contributed by atoms with Crippen LogP contribution in [0.5, 0.6) is 0 Å². The van der Waals surface area contributed by atoms with Crippen molar-refractivity contribution in [2.45, 2.75) is 31.1 Å². The molecule has 7 heteroatoms. The van der Waals surface area contributed by atoms with Crippen LogP contribution in [0, 0.1) is 5.92 Å². The van der Waals surface area contributed by atoms with E-state index in [1.165, 1.54) is 33.9 Å². The summed E-state index contributed by atoms with van der Waals surface area (Å²) in [6, 6.07) is 9.81. The van der Waals surface area contributed by atoms with Crippen molar-refractivity contribution in [1.29, 1.82) is 0 Å². The zero-order valence-electron chi connectivity index (χ0n) is 12.7. The lowest BCUT2D eigenvalue weighted by Gasteiger charge is -2.16. The van der Waals surface area contributed by atoms with E-state index < -0.39 is 15.9 Å². The maximum atomic E-state index is 12.2. The van der Waals surface area contributed by atoms with Crippen LogP contribution in [-0.4, -0.2) is 14.3 Å². The van der Waals surface area contributed by atoms with Crippen LogP contribution in [0.4, 0.5) is 0 Å². The molecule has 1 aliphatic rings. The van der Waals surface area contributed by atoms with E-state index >= 15 is 0 Å². The van der Waals surface area contributed by atoms with E-state index in [0.717, 1.165) is 19.3 Å². The number of hydrogen-bond acceptors (Lipinski definition) is 4. The highest BCUT2D eigenvalue weighted by molar-refractivity contribution is 7.89. The van der Waals surface area contributed by atoms with Gasteiger partial charge in [0.1, 0.15) is 0 Å². The maximum absolute atomic E-state index is 12.2. The molecule has 1 aliphatic carbocycles. The monoisotopic (exact) mass is 350 g/mol. The Bertz CT molecular complexity index is 813. The zero-order valence-corrected chi connectivity index (χ0v) is 14.3. The molecule has 0 saturated carbocycles. The van der Waals surface area contributed by atoms with Crippen LogP contribution in [-0.2, 0) is 22.9 Å². The molecular formula is C16H18N2O3S2. The van der Waals surface area contributed by atoms with E-state index in [0.29, 0.717) is 10.8 Å². The molecule has 2 aromatic rings. The fraction of sp³-hybridized carbons (Fsp3) is 0.312. The van der Waals surface area contributed by atoms with Crippen LogP contribution in [0.2, 0.25) is 0 Å². The highest BCUT2D eigenvalue weighted by atomic mass is 32.2. The standard InChI is InChI=1S/C16H18N2O3S2/c1-11-7-8-14-12(9-11)10-15(22-14)16(19)17-18-23(20,21)13-5-3-2-4-6-13/h2-6,10-11,18H,7-9H2,1H3,(H,17,19). The summed E-state index contributed by atoms with van der Waals surface area (Å²) in [4.78, 5) is 16.2. The smallest absolute Gasteiger partial charge is 0.273 e. The Morgan fingerprint density at radius 2 is 2.00 bits per heavy atom. The summed E-state index contributed by atoms with van der Waals surface area (Å²) in [5, 5.41) is 0. The summed E-state index contributed by atoms with van der Waals surface area (Å²) >= 11 is 1.44. The Morgan fingerprint density at radius 3 is 2.74 bits per heavy atom. The molecule has 3 rings (SSSR count). The van der Waals surface area contributed by atoms with E-state index in [4.69, 9.17) is 0 Å². The topological polar surface area (TPSA) is 75.3 Å². The highest BCUT2D eigenvalue weighted by Gasteiger charge is 2.21. The van der Waals surface area contributed by atoms with Crippen LogP contribution in [0.1, 0.15) is 33.5 Å². The number of rotatable bonds is 4. The molecule has 0 bridgehead atoms. The van der Waals surface area contributed by atoms with E-state index in [-0.39, 0.29) is 4.90 Å². The molecule has 2 N–H and O–H groups in total. The van der Waals surface area contributed by atoms with Crippen molar-refractivity contribution in [3.8, 4) is 0 Å². The van der Waals surface area contributed by atoms with Gasteiger partial charge in [0.25, 0.3) is 15.9 Å². The molecule has 0 saturated heterocycles. The van der Waals surface area contributed by atoms with Gasteiger partial charge in [-0.25, -0.2) is 8.42 Å².